The fourth-order valence-corrected chi connectivity index (χ4v) is 1.02. The van der Waals surface area contributed by atoms with Crippen LogP contribution in [0.5, 0.6) is 5.88 Å². The van der Waals surface area contributed by atoms with Crippen molar-refractivity contribution in [3.05, 3.63) is 30.9 Å². The minimum absolute atomic E-state index is 0.631. The summed E-state index contributed by atoms with van der Waals surface area (Å²) in [5, 5.41) is 3.13. The van der Waals surface area contributed by atoms with Gasteiger partial charge < -0.3 is 10.1 Å². The van der Waals surface area contributed by atoms with E-state index in [0.717, 1.165) is 18.8 Å². The Kier molecular flexibility index (Phi) is 4.55. The predicted octanol–water partition coefficient (Wildman–Crippen LogP) is 2.47. The SMILES string of the molecule is C=CCCOc1cccc(NCC)n1. The summed E-state index contributed by atoms with van der Waals surface area (Å²) in [6, 6.07) is 5.70. The lowest BCUT2D eigenvalue weighted by molar-refractivity contribution is 0.313. The van der Waals surface area contributed by atoms with Gasteiger partial charge in [0.1, 0.15) is 5.82 Å². The van der Waals surface area contributed by atoms with E-state index in [-0.39, 0.29) is 0 Å². The Hall–Kier alpha value is -1.51. The highest BCUT2D eigenvalue weighted by atomic mass is 16.5. The first kappa shape index (κ1) is 10.6. The summed E-state index contributed by atoms with van der Waals surface area (Å²) in [5.74, 6) is 1.51. The topological polar surface area (TPSA) is 34.1 Å². The van der Waals surface area contributed by atoms with Gasteiger partial charge in [-0.3, -0.25) is 0 Å². The molecule has 1 heterocycles. The number of hydrogen-bond donors (Lipinski definition) is 1. The number of pyridine rings is 1. The Morgan fingerprint density at radius 1 is 1.57 bits per heavy atom. The van der Waals surface area contributed by atoms with E-state index in [1.807, 2.05) is 31.2 Å². The average molecular weight is 192 g/mol. The Balaban J connectivity index is 2.50. The van der Waals surface area contributed by atoms with Crippen LogP contribution >= 0.6 is 0 Å². The molecule has 3 nitrogen and oxygen atoms in total. The van der Waals surface area contributed by atoms with Crippen molar-refractivity contribution in [3.8, 4) is 5.88 Å². The van der Waals surface area contributed by atoms with Gasteiger partial charge in [0.05, 0.1) is 6.61 Å². The van der Waals surface area contributed by atoms with Crippen LogP contribution in [-0.4, -0.2) is 18.1 Å². The Morgan fingerprint density at radius 2 is 2.43 bits per heavy atom. The number of anilines is 1. The fourth-order valence-electron chi connectivity index (χ4n) is 1.02. The molecule has 0 saturated carbocycles. The summed E-state index contributed by atoms with van der Waals surface area (Å²) in [7, 11) is 0. The zero-order valence-electron chi connectivity index (χ0n) is 8.49. The van der Waals surface area contributed by atoms with Gasteiger partial charge in [0.25, 0.3) is 0 Å². The molecule has 0 atom stereocenters. The molecule has 0 spiro atoms. The number of rotatable bonds is 6. The van der Waals surface area contributed by atoms with Crippen LogP contribution < -0.4 is 10.1 Å². The van der Waals surface area contributed by atoms with Gasteiger partial charge in [0.15, 0.2) is 0 Å². The first-order valence-electron chi connectivity index (χ1n) is 4.81. The lowest BCUT2D eigenvalue weighted by atomic mass is 10.4. The van der Waals surface area contributed by atoms with Crippen molar-refractivity contribution in [2.24, 2.45) is 0 Å². The number of nitrogens with one attached hydrogen (secondary N) is 1. The third-order valence-electron chi connectivity index (χ3n) is 1.65. The zero-order chi connectivity index (χ0) is 10.2. The van der Waals surface area contributed by atoms with Gasteiger partial charge in [-0.25, -0.2) is 0 Å². The maximum Gasteiger partial charge on any atom is 0.215 e. The van der Waals surface area contributed by atoms with Crippen molar-refractivity contribution in [2.45, 2.75) is 13.3 Å². The normalized spacial score (nSPS) is 9.50. The second-order valence-corrected chi connectivity index (χ2v) is 2.82. The molecule has 1 aromatic rings. The molecule has 0 aliphatic carbocycles. The molecule has 0 fully saturated rings. The van der Waals surface area contributed by atoms with Gasteiger partial charge in [-0.05, 0) is 19.4 Å². The number of ether oxygens (including phenoxy) is 1. The van der Waals surface area contributed by atoms with E-state index < -0.39 is 0 Å². The Bertz CT molecular complexity index is 286. The molecular formula is C11H16N2O. The van der Waals surface area contributed by atoms with Crippen LogP contribution in [0.2, 0.25) is 0 Å². The predicted molar refractivity (Wildman–Crippen MR) is 58.7 cm³/mol. The summed E-state index contributed by atoms with van der Waals surface area (Å²) in [6.07, 6.45) is 2.67. The van der Waals surface area contributed by atoms with Crippen molar-refractivity contribution >= 4 is 5.82 Å². The summed E-state index contributed by atoms with van der Waals surface area (Å²) in [5.41, 5.74) is 0. The lowest BCUT2D eigenvalue weighted by Gasteiger charge is -2.06. The third-order valence-corrected chi connectivity index (χ3v) is 1.65. The molecule has 0 aliphatic heterocycles. The molecule has 0 aromatic carbocycles. The molecule has 1 rings (SSSR count). The molecule has 0 saturated heterocycles. The van der Waals surface area contributed by atoms with Gasteiger partial charge in [0.2, 0.25) is 5.88 Å². The van der Waals surface area contributed by atoms with E-state index in [9.17, 15) is 0 Å². The highest BCUT2D eigenvalue weighted by molar-refractivity contribution is 5.36. The molecular weight excluding hydrogens is 176 g/mol. The molecule has 0 unspecified atom stereocenters. The second-order valence-electron chi connectivity index (χ2n) is 2.82. The van der Waals surface area contributed by atoms with Crippen LogP contribution in [0.4, 0.5) is 5.82 Å². The van der Waals surface area contributed by atoms with Crippen molar-refractivity contribution in [1.82, 2.24) is 4.98 Å². The molecule has 0 radical (unpaired) electrons. The van der Waals surface area contributed by atoms with Crippen LogP contribution in [0, 0.1) is 0 Å². The number of nitrogens with zero attached hydrogens (tertiary/aromatic N) is 1. The van der Waals surface area contributed by atoms with E-state index in [1.165, 1.54) is 0 Å². The Morgan fingerprint density at radius 3 is 3.14 bits per heavy atom. The monoisotopic (exact) mass is 192 g/mol. The minimum atomic E-state index is 0.631. The first-order valence-corrected chi connectivity index (χ1v) is 4.81. The van der Waals surface area contributed by atoms with Gasteiger partial charge >= 0.3 is 0 Å². The smallest absolute Gasteiger partial charge is 0.215 e. The van der Waals surface area contributed by atoms with Crippen LogP contribution in [0.3, 0.4) is 0 Å². The standard InChI is InChI=1S/C11H16N2O/c1-3-5-9-14-11-8-6-7-10(13-11)12-4-2/h3,6-8H,1,4-5,9H2,2H3,(H,12,13). The maximum atomic E-state index is 5.41. The minimum Gasteiger partial charge on any atom is -0.477 e. The maximum absolute atomic E-state index is 5.41. The van der Waals surface area contributed by atoms with Crippen molar-refractivity contribution in [2.75, 3.05) is 18.5 Å². The van der Waals surface area contributed by atoms with E-state index in [4.69, 9.17) is 4.74 Å². The molecule has 1 N–H and O–H groups in total. The highest BCUT2D eigenvalue weighted by Crippen LogP contribution is 2.11. The summed E-state index contributed by atoms with van der Waals surface area (Å²) >= 11 is 0. The zero-order valence-corrected chi connectivity index (χ0v) is 8.49. The molecule has 14 heavy (non-hydrogen) atoms. The first-order chi connectivity index (χ1) is 6.86. The van der Waals surface area contributed by atoms with Crippen LogP contribution in [0.1, 0.15) is 13.3 Å². The summed E-state index contributed by atoms with van der Waals surface area (Å²) in [4.78, 5) is 4.27. The van der Waals surface area contributed by atoms with E-state index in [0.29, 0.717) is 12.5 Å². The largest absolute Gasteiger partial charge is 0.477 e. The van der Waals surface area contributed by atoms with Gasteiger partial charge in [-0.1, -0.05) is 12.1 Å². The molecule has 0 bridgehead atoms. The Labute approximate surface area is 84.8 Å². The van der Waals surface area contributed by atoms with Crippen LogP contribution in [0.25, 0.3) is 0 Å². The van der Waals surface area contributed by atoms with Gasteiger partial charge in [-0.15, -0.1) is 6.58 Å². The van der Waals surface area contributed by atoms with Crippen molar-refractivity contribution < 1.29 is 4.74 Å². The number of hydrogen-bond acceptors (Lipinski definition) is 3. The van der Waals surface area contributed by atoms with Crippen molar-refractivity contribution in [1.29, 1.82) is 0 Å². The van der Waals surface area contributed by atoms with Crippen LogP contribution in [-0.2, 0) is 0 Å². The third kappa shape index (κ3) is 3.47. The summed E-state index contributed by atoms with van der Waals surface area (Å²) < 4.78 is 5.41. The molecule has 1 aromatic heterocycles. The van der Waals surface area contributed by atoms with E-state index in [1.54, 1.807) is 0 Å². The quantitative estimate of drug-likeness (QED) is 0.555. The summed E-state index contributed by atoms with van der Waals surface area (Å²) in [6.45, 7) is 7.16. The van der Waals surface area contributed by atoms with Gasteiger partial charge in [0, 0.05) is 12.6 Å². The fraction of sp³-hybridized carbons (Fsp3) is 0.364. The lowest BCUT2D eigenvalue weighted by Crippen LogP contribution is -2.02. The van der Waals surface area contributed by atoms with Gasteiger partial charge in [-0.2, -0.15) is 4.98 Å². The van der Waals surface area contributed by atoms with Crippen molar-refractivity contribution in [3.63, 3.8) is 0 Å². The average Bonchev–Trinajstić information content (AvgIpc) is 2.19. The number of aromatic nitrogens is 1. The van der Waals surface area contributed by atoms with E-state index >= 15 is 0 Å². The molecule has 0 aliphatic rings. The molecule has 0 amide bonds. The van der Waals surface area contributed by atoms with Crippen LogP contribution in [0.15, 0.2) is 30.9 Å². The molecule has 3 heteroatoms. The second kappa shape index (κ2) is 6.02. The van der Waals surface area contributed by atoms with E-state index in [2.05, 4.69) is 16.9 Å². The molecule has 76 valence electrons. The highest BCUT2D eigenvalue weighted by Gasteiger charge is 1.96.